The van der Waals surface area contributed by atoms with E-state index in [1.807, 2.05) is 43.4 Å². The van der Waals surface area contributed by atoms with Gasteiger partial charge in [-0.05, 0) is 30.2 Å². The second kappa shape index (κ2) is 9.09. The zero-order valence-electron chi connectivity index (χ0n) is 14.8. The molecule has 1 fully saturated rings. The van der Waals surface area contributed by atoms with Crippen LogP contribution in [0.2, 0.25) is 10.0 Å². The number of aryl methyl sites for hydroxylation is 1. The van der Waals surface area contributed by atoms with Crippen molar-refractivity contribution in [1.82, 2.24) is 20.0 Å². The summed E-state index contributed by atoms with van der Waals surface area (Å²) in [4.78, 5) is 15.0. The Balaban J connectivity index is 0.00000243. The highest BCUT2D eigenvalue weighted by Gasteiger charge is 2.36. The molecule has 0 radical (unpaired) electrons. The molecule has 1 saturated heterocycles. The van der Waals surface area contributed by atoms with Gasteiger partial charge in [-0.25, -0.2) is 0 Å². The second-order valence-electron chi connectivity index (χ2n) is 6.42. The SMILES string of the molecule is CCN(Cc1ccc(Cl)c(Cl)c1)C(=O)[C@H]1CNC[C@@H]1c1cnn(C)c1.Cl. The van der Waals surface area contributed by atoms with E-state index in [-0.39, 0.29) is 30.2 Å². The van der Waals surface area contributed by atoms with E-state index in [2.05, 4.69) is 10.4 Å². The van der Waals surface area contributed by atoms with E-state index < -0.39 is 0 Å². The lowest BCUT2D eigenvalue weighted by Gasteiger charge is -2.27. The monoisotopic (exact) mass is 416 g/mol. The lowest BCUT2D eigenvalue weighted by atomic mass is 9.89. The number of nitrogens with one attached hydrogen (secondary N) is 1. The van der Waals surface area contributed by atoms with Crippen molar-refractivity contribution in [2.24, 2.45) is 13.0 Å². The molecule has 1 aliphatic rings. The van der Waals surface area contributed by atoms with E-state index >= 15 is 0 Å². The molecule has 0 spiro atoms. The highest BCUT2D eigenvalue weighted by molar-refractivity contribution is 6.42. The Labute approximate surface area is 170 Å². The summed E-state index contributed by atoms with van der Waals surface area (Å²) in [7, 11) is 1.89. The topological polar surface area (TPSA) is 50.2 Å². The highest BCUT2D eigenvalue weighted by Crippen LogP contribution is 2.30. The molecule has 2 heterocycles. The van der Waals surface area contributed by atoms with E-state index in [9.17, 15) is 4.79 Å². The quantitative estimate of drug-likeness (QED) is 0.810. The van der Waals surface area contributed by atoms with Gasteiger partial charge in [0.25, 0.3) is 0 Å². The van der Waals surface area contributed by atoms with Gasteiger partial charge in [-0.15, -0.1) is 12.4 Å². The summed E-state index contributed by atoms with van der Waals surface area (Å²) < 4.78 is 1.78. The van der Waals surface area contributed by atoms with E-state index in [1.54, 1.807) is 10.7 Å². The first-order valence-electron chi connectivity index (χ1n) is 8.41. The van der Waals surface area contributed by atoms with Gasteiger partial charge in [-0.2, -0.15) is 5.10 Å². The van der Waals surface area contributed by atoms with Crippen molar-refractivity contribution in [2.45, 2.75) is 19.4 Å². The predicted molar refractivity (Wildman–Crippen MR) is 107 cm³/mol. The van der Waals surface area contributed by atoms with Crippen LogP contribution in [0.5, 0.6) is 0 Å². The summed E-state index contributed by atoms with van der Waals surface area (Å²) in [5.41, 5.74) is 2.09. The van der Waals surface area contributed by atoms with Gasteiger partial charge in [0.2, 0.25) is 5.91 Å². The fourth-order valence-corrected chi connectivity index (χ4v) is 3.68. The van der Waals surface area contributed by atoms with Crippen LogP contribution >= 0.6 is 35.6 Å². The molecule has 142 valence electrons. The first kappa shape index (κ1) is 21.0. The first-order valence-corrected chi connectivity index (χ1v) is 9.17. The normalized spacial score (nSPS) is 19.2. The van der Waals surface area contributed by atoms with Gasteiger partial charge in [-0.1, -0.05) is 29.3 Å². The summed E-state index contributed by atoms with van der Waals surface area (Å²) >= 11 is 12.1. The third-order valence-electron chi connectivity index (χ3n) is 4.74. The Kier molecular flexibility index (Phi) is 7.35. The maximum Gasteiger partial charge on any atom is 0.227 e. The average molecular weight is 418 g/mol. The average Bonchev–Trinajstić information content (AvgIpc) is 3.23. The standard InChI is InChI=1S/C18H22Cl2N4O.ClH/c1-3-24(10-12-4-5-16(19)17(20)6-12)18(25)15-9-21-8-14(15)13-7-22-23(2)11-13;/h4-7,11,14-15,21H,3,8-10H2,1-2H3;1H/t14-,15+;/m1./s1. The molecule has 5 nitrogen and oxygen atoms in total. The Hall–Kier alpha value is -1.27. The maximum absolute atomic E-state index is 13.1. The van der Waals surface area contributed by atoms with Gasteiger partial charge < -0.3 is 10.2 Å². The van der Waals surface area contributed by atoms with Crippen molar-refractivity contribution in [3.8, 4) is 0 Å². The van der Waals surface area contributed by atoms with E-state index in [0.717, 1.165) is 17.7 Å². The van der Waals surface area contributed by atoms with Gasteiger partial charge in [0.15, 0.2) is 0 Å². The summed E-state index contributed by atoms with van der Waals surface area (Å²) in [6.07, 6.45) is 3.85. The predicted octanol–water partition coefficient (Wildman–Crippen LogP) is 3.50. The Morgan fingerprint density at radius 3 is 2.73 bits per heavy atom. The number of hydrogen-bond acceptors (Lipinski definition) is 3. The third kappa shape index (κ3) is 4.52. The van der Waals surface area contributed by atoms with Crippen LogP contribution in [-0.2, 0) is 18.4 Å². The molecule has 0 saturated carbocycles. The molecule has 0 aliphatic carbocycles. The van der Waals surface area contributed by atoms with Gasteiger partial charge in [0.1, 0.15) is 0 Å². The Morgan fingerprint density at radius 1 is 1.35 bits per heavy atom. The van der Waals surface area contributed by atoms with Crippen LogP contribution in [0, 0.1) is 5.92 Å². The van der Waals surface area contributed by atoms with Crippen LogP contribution in [0.1, 0.15) is 24.0 Å². The number of benzene rings is 1. The van der Waals surface area contributed by atoms with Crippen molar-refractivity contribution < 1.29 is 4.79 Å². The van der Waals surface area contributed by atoms with Crippen molar-refractivity contribution in [3.63, 3.8) is 0 Å². The minimum absolute atomic E-state index is 0. The molecule has 3 rings (SSSR count). The Bertz CT molecular complexity index is 765. The number of carbonyl (C=O) groups is 1. The van der Waals surface area contributed by atoms with E-state index in [4.69, 9.17) is 23.2 Å². The number of halogens is 3. The summed E-state index contributed by atoms with van der Waals surface area (Å²) in [5.74, 6) is 0.239. The first-order chi connectivity index (χ1) is 12.0. The van der Waals surface area contributed by atoms with Crippen LogP contribution < -0.4 is 5.32 Å². The lowest BCUT2D eigenvalue weighted by molar-refractivity contribution is -0.135. The van der Waals surface area contributed by atoms with Gasteiger partial charge in [-0.3, -0.25) is 9.48 Å². The van der Waals surface area contributed by atoms with Crippen LogP contribution in [0.4, 0.5) is 0 Å². The van der Waals surface area contributed by atoms with Crippen LogP contribution in [0.15, 0.2) is 30.6 Å². The zero-order chi connectivity index (χ0) is 18.0. The van der Waals surface area contributed by atoms with Crippen LogP contribution in [0.25, 0.3) is 0 Å². The minimum atomic E-state index is -0.0769. The van der Waals surface area contributed by atoms with E-state index in [0.29, 0.717) is 29.7 Å². The number of carbonyl (C=O) groups excluding carboxylic acids is 1. The summed E-state index contributed by atoms with van der Waals surface area (Å²) in [6.45, 7) is 4.66. The number of nitrogens with zero attached hydrogens (tertiary/aromatic N) is 3. The van der Waals surface area contributed by atoms with Crippen molar-refractivity contribution >= 4 is 41.5 Å². The largest absolute Gasteiger partial charge is 0.338 e. The smallest absolute Gasteiger partial charge is 0.227 e. The molecule has 1 aliphatic heterocycles. The number of aromatic nitrogens is 2. The number of amides is 1. The molecule has 1 aromatic carbocycles. The van der Waals surface area contributed by atoms with Crippen molar-refractivity contribution in [2.75, 3.05) is 19.6 Å². The van der Waals surface area contributed by atoms with Gasteiger partial charge in [0.05, 0.1) is 22.2 Å². The molecular weight excluding hydrogens is 395 g/mol. The summed E-state index contributed by atoms with van der Waals surface area (Å²) in [6, 6.07) is 5.51. The van der Waals surface area contributed by atoms with Gasteiger partial charge in [0, 0.05) is 45.3 Å². The van der Waals surface area contributed by atoms with Crippen molar-refractivity contribution in [1.29, 1.82) is 0 Å². The molecular formula is C18H23Cl3N4O. The highest BCUT2D eigenvalue weighted by atomic mass is 35.5. The molecule has 26 heavy (non-hydrogen) atoms. The maximum atomic E-state index is 13.1. The molecule has 1 amide bonds. The molecule has 8 heteroatoms. The minimum Gasteiger partial charge on any atom is -0.338 e. The fraction of sp³-hybridized carbons (Fsp3) is 0.444. The second-order valence-corrected chi connectivity index (χ2v) is 7.23. The fourth-order valence-electron chi connectivity index (χ4n) is 3.36. The zero-order valence-corrected chi connectivity index (χ0v) is 17.1. The summed E-state index contributed by atoms with van der Waals surface area (Å²) in [5, 5.41) is 8.63. The molecule has 0 unspecified atom stereocenters. The molecule has 2 aromatic rings. The van der Waals surface area contributed by atoms with Gasteiger partial charge >= 0.3 is 0 Å². The van der Waals surface area contributed by atoms with E-state index in [1.165, 1.54) is 0 Å². The number of hydrogen-bond donors (Lipinski definition) is 1. The van der Waals surface area contributed by atoms with Crippen molar-refractivity contribution in [3.05, 3.63) is 51.8 Å². The van der Waals surface area contributed by atoms with Crippen LogP contribution in [-0.4, -0.2) is 40.2 Å². The van der Waals surface area contributed by atoms with Crippen LogP contribution in [0.3, 0.4) is 0 Å². The molecule has 1 N–H and O–H groups in total. The molecule has 0 bridgehead atoms. The third-order valence-corrected chi connectivity index (χ3v) is 5.47. The lowest BCUT2D eigenvalue weighted by Crippen LogP contribution is -2.38. The Morgan fingerprint density at radius 2 is 2.12 bits per heavy atom. The number of rotatable bonds is 5. The molecule has 1 aromatic heterocycles. The molecule has 2 atom stereocenters.